The molecule has 0 saturated heterocycles. The Bertz CT molecular complexity index is 197. The van der Waals surface area contributed by atoms with Gasteiger partial charge in [-0.3, -0.25) is 4.99 Å². The summed E-state index contributed by atoms with van der Waals surface area (Å²) in [4.78, 5) is 4.39. The van der Waals surface area contributed by atoms with Crippen molar-refractivity contribution in [2.24, 2.45) is 4.99 Å². The molecule has 1 nitrogen and oxygen atoms in total. The molecule has 62 valence electrons. The van der Waals surface area contributed by atoms with Crippen LogP contribution < -0.4 is 0 Å². The molecule has 0 amide bonds. The van der Waals surface area contributed by atoms with E-state index in [1.54, 1.807) is 0 Å². The summed E-state index contributed by atoms with van der Waals surface area (Å²) in [7, 11) is 0. The monoisotopic (exact) mass is 151 g/mol. The molecule has 0 radical (unpaired) electrons. The smallest absolute Gasteiger partial charge is 0.0609 e. The lowest BCUT2D eigenvalue weighted by Crippen LogP contribution is -1.89. The van der Waals surface area contributed by atoms with Crippen LogP contribution in [-0.2, 0) is 0 Å². The Balaban J connectivity index is 4.45. The Kier molecular flexibility index (Phi) is 4.51. The van der Waals surface area contributed by atoms with Gasteiger partial charge in [0, 0.05) is 5.71 Å². The number of nitrogens with zero attached hydrogens (tertiary/aromatic N) is 1. The molecule has 0 aliphatic rings. The largest absolute Gasteiger partial charge is 0.258 e. The maximum Gasteiger partial charge on any atom is 0.0609 e. The molecule has 0 aliphatic heterocycles. The summed E-state index contributed by atoms with van der Waals surface area (Å²) in [5.41, 5.74) is 3.19. The molecule has 0 aliphatic carbocycles. The van der Waals surface area contributed by atoms with Crippen molar-refractivity contribution in [1.29, 1.82) is 0 Å². The highest BCUT2D eigenvalue weighted by Gasteiger charge is 1.93. The van der Waals surface area contributed by atoms with Gasteiger partial charge in [-0.25, -0.2) is 0 Å². The second-order valence-electron chi connectivity index (χ2n) is 2.65. The van der Waals surface area contributed by atoms with Crippen LogP contribution in [0.3, 0.4) is 0 Å². The van der Waals surface area contributed by atoms with Crippen LogP contribution in [0.5, 0.6) is 0 Å². The molecule has 0 N–H and O–H groups in total. The molecule has 0 heterocycles. The van der Waals surface area contributed by atoms with Crippen molar-refractivity contribution < 1.29 is 0 Å². The molecule has 0 unspecified atom stereocenters. The third-order valence-corrected chi connectivity index (χ3v) is 1.53. The lowest BCUT2D eigenvalue weighted by Gasteiger charge is -2.00. The first-order valence-electron chi connectivity index (χ1n) is 3.98. The zero-order valence-corrected chi connectivity index (χ0v) is 7.94. The molecular weight excluding hydrogens is 134 g/mol. The van der Waals surface area contributed by atoms with E-state index in [9.17, 15) is 0 Å². The highest BCUT2D eigenvalue weighted by atomic mass is 14.7. The second-order valence-corrected chi connectivity index (χ2v) is 2.65. The third kappa shape index (κ3) is 3.76. The first kappa shape index (κ1) is 10.2. The Morgan fingerprint density at radius 1 is 1.45 bits per heavy atom. The van der Waals surface area contributed by atoms with Crippen LogP contribution in [0.25, 0.3) is 0 Å². The topological polar surface area (TPSA) is 12.4 Å². The fourth-order valence-corrected chi connectivity index (χ4v) is 0.691. The van der Waals surface area contributed by atoms with Crippen LogP contribution in [-0.4, -0.2) is 5.71 Å². The van der Waals surface area contributed by atoms with Crippen molar-refractivity contribution in [3.05, 3.63) is 23.9 Å². The molecule has 0 fully saturated rings. The highest BCUT2D eigenvalue weighted by Crippen LogP contribution is 2.08. The minimum Gasteiger partial charge on any atom is -0.258 e. The van der Waals surface area contributed by atoms with Gasteiger partial charge < -0.3 is 0 Å². The van der Waals surface area contributed by atoms with E-state index in [0.29, 0.717) is 0 Å². The number of allylic oxidation sites excluding steroid dienone is 2. The predicted molar refractivity (Wildman–Crippen MR) is 52.0 cm³/mol. The first-order chi connectivity index (χ1) is 5.11. The van der Waals surface area contributed by atoms with Gasteiger partial charge in [-0.15, -0.1) is 0 Å². The van der Waals surface area contributed by atoms with Gasteiger partial charge in [0.1, 0.15) is 0 Å². The van der Waals surface area contributed by atoms with E-state index >= 15 is 0 Å². The number of hydrogen-bond donors (Lipinski definition) is 0. The Morgan fingerprint density at radius 2 is 2.00 bits per heavy atom. The van der Waals surface area contributed by atoms with Crippen LogP contribution in [0.15, 0.2) is 28.9 Å². The Labute approximate surface area is 69.5 Å². The number of aliphatic imine (C=N–C) groups is 1. The Morgan fingerprint density at radius 3 is 2.27 bits per heavy atom. The Hall–Kier alpha value is -0.850. The number of hydrogen-bond acceptors (Lipinski definition) is 1. The van der Waals surface area contributed by atoms with Crippen LogP contribution in [0.2, 0.25) is 0 Å². The van der Waals surface area contributed by atoms with E-state index in [1.165, 1.54) is 0 Å². The molecule has 0 aromatic heterocycles. The normalized spacial score (nSPS) is 13.5. The minimum absolute atomic E-state index is 1.00. The summed E-state index contributed by atoms with van der Waals surface area (Å²) in [6, 6.07) is 0. The van der Waals surface area contributed by atoms with E-state index in [-0.39, 0.29) is 0 Å². The third-order valence-electron chi connectivity index (χ3n) is 1.53. The first-order valence-corrected chi connectivity index (χ1v) is 3.98. The summed E-state index contributed by atoms with van der Waals surface area (Å²) in [5, 5.41) is 0. The summed E-state index contributed by atoms with van der Waals surface area (Å²) >= 11 is 0. The lowest BCUT2D eigenvalue weighted by atomic mass is 10.2. The summed E-state index contributed by atoms with van der Waals surface area (Å²) in [6.07, 6.45) is 2.99. The van der Waals surface area contributed by atoms with Crippen molar-refractivity contribution >= 4 is 5.71 Å². The van der Waals surface area contributed by atoms with E-state index in [4.69, 9.17) is 0 Å². The average molecular weight is 151 g/mol. The van der Waals surface area contributed by atoms with E-state index < -0.39 is 0 Å². The zero-order valence-electron chi connectivity index (χ0n) is 7.94. The van der Waals surface area contributed by atoms with E-state index in [1.807, 2.05) is 26.8 Å². The zero-order chi connectivity index (χ0) is 8.85. The van der Waals surface area contributed by atoms with Gasteiger partial charge in [-0.1, -0.05) is 19.6 Å². The lowest BCUT2D eigenvalue weighted by molar-refractivity contribution is 1.20. The summed E-state index contributed by atoms with van der Waals surface area (Å²) in [6.45, 7) is 11.9. The minimum atomic E-state index is 1.00. The molecule has 0 aromatic carbocycles. The van der Waals surface area contributed by atoms with Crippen molar-refractivity contribution in [1.82, 2.24) is 0 Å². The average Bonchev–Trinajstić information content (AvgIpc) is 1.99. The van der Waals surface area contributed by atoms with Gasteiger partial charge in [0.25, 0.3) is 0 Å². The van der Waals surface area contributed by atoms with Crippen LogP contribution in [0, 0.1) is 0 Å². The molecule has 0 spiro atoms. The predicted octanol–water partition coefficient (Wildman–Crippen LogP) is 3.34. The van der Waals surface area contributed by atoms with Gasteiger partial charge in [-0.05, 0) is 32.8 Å². The summed E-state index contributed by atoms with van der Waals surface area (Å²) in [5.74, 6) is 0. The standard InChI is InChI=1S/C10H17N/c1-6-9(5)11-10(7-2)8(3)4/h7H,3,6H2,1-2,4-5H3/b10-7+,11-9?. The molecule has 0 aromatic rings. The second kappa shape index (κ2) is 4.89. The van der Waals surface area contributed by atoms with Gasteiger partial charge in [0.05, 0.1) is 5.70 Å². The number of rotatable bonds is 3. The van der Waals surface area contributed by atoms with Crippen molar-refractivity contribution in [2.45, 2.75) is 34.1 Å². The molecular formula is C10H17N. The molecule has 0 atom stereocenters. The van der Waals surface area contributed by atoms with Crippen LogP contribution in [0.1, 0.15) is 34.1 Å². The SMILES string of the molecule is C=C(C)/C(=C\C)N=C(C)CC. The van der Waals surface area contributed by atoms with E-state index in [0.717, 1.165) is 23.4 Å². The van der Waals surface area contributed by atoms with Gasteiger partial charge in [-0.2, -0.15) is 0 Å². The molecule has 0 saturated carbocycles. The van der Waals surface area contributed by atoms with Crippen molar-refractivity contribution in [3.8, 4) is 0 Å². The quantitative estimate of drug-likeness (QED) is 0.433. The van der Waals surface area contributed by atoms with Gasteiger partial charge >= 0.3 is 0 Å². The fourth-order valence-electron chi connectivity index (χ4n) is 0.691. The molecule has 0 bridgehead atoms. The van der Waals surface area contributed by atoms with Crippen LogP contribution in [0.4, 0.5) is 0 Å². The van der Waals surface area contributed by atoms with Crippen molar-refractivity contribution in [3.63, 3.8) is 0 Å². The van der Waals surface area contributed by atoms with Gasteiger partial charge in [0.15, 0.2) is 0 Å². The maximum atomic E-state index is 4.39. The van der Waals surface area contributed by atoms with Gasteiger partial charge in [0.2, 0.25) is 0 Å². The highest BCUT2D eigenvalue weighted by molar-refractivity contribution is 5.82. The fraction of sp³-hybridized carbons (Fsp3) is 0.500. The molecule has 11 heavy (non-hydrogen) atoms. The maximum absolute atomic E-state index is 4.39. The summed E-state index contributed by atoms with van der Waals surface area (Å²) < 4.78 is 0. The molecule has 1 heteroatoms. The van der Waals surface area contributed by atoms with Crippen molar-refractivity contribution in [2.75, 3.05) is 0 Å². The molecule has 0 rings (SSSR count). The van der Waals surface area contributed by atoms with Crippen LogP contribution >= 0.6 is 0 Å². The van der Waals surface area contributed by atoms with E-state index in [2.05, 4.69) is 18.5 Å².